The highest BCUT2D eigenvalue weighted by Crippen LogP contribution is 2.37. The number of halogens is 4. The number of hydrogen-bond donors (Lipinski definition) is 0. The summed E-state index contributed by atoms with van der Waals surface area (Å²) in [5, 5.41) is 3.98. The van der Waals surface area contributed by atoms with Gasteiger partial charge in [-0.2, -0.15) is 13.2 Å². The van der Waals surface area contributed by atoms with Crippen LogP contribution in [-0.4, -0.2) is 18.9 Å². The fourth-order valence-corrected chi connectivity index (χ4v) is 3.00. The average Bonchev–Trinajstić information content (AvgIpc) is 2.76. The molecule has 0 aliphatic heterocycles. The van der Waals surface area contributed by atoms with Crippen LogP contribution in [0.5, 0.6) is 17.2 Å². The number of ether oxygens (including phenoxy) is 2. The van der Waals surface area contributed by atoms with Gasteiger partial charge in [0.25, 0.3) is 0 Å². The minimum absolute atomic E-state index is 0.118. The van der Waals surface area contributed by atoms with E-state index in [1.807, 2.05) is 43.3 Å². The van der Waals surface area contributed by atoms with Gasteiger partial charge in [0, 0.05) is 0 Å². The Balaban J connectivity index is 1.59. The van der Waals surface area contributed by atoms with E-state index in [1.165, 1.54) is 6.07 Å². The molecule has 0 atom stereocenters. The van der Waals surface area contributed by atoms with E-state index < -0.39 is 11.7 Å². The van der Waals surface area contributed by atoms with Gasteiger partial charge in [0.2, 0.25) is 0 Å². The maximum absolute atomic E-state index is 12.8. The molecule has 0 saturated heterocycles. The second-order valence-corrected chi connectivity index (χ2v) is 7.30. The van der Waals surface area contributed by atoms with Crippen molar-refractivity contribution in [2.75, 3.05) is 13.2 Å². The lowest BCUT2D eigenvalue weighted by Crippen LogP contribution is -2.06. The Morgan fingerprint density at radius 3 is 2.31 bits per heavy atom. The molecule has 0 aliphatic carbocycles. The zero-order valence-corrected chi connectivity index (χ0v) is 18.2. The number of oxime groups is 1. The molecule has 0 spiro atoms. The topological polar surface area (TPSA) is 40.0 Å². The van der Waals surface area contributed by atoms with Gasteiger partial charge in [-0.25, -0.2) is 0 Å². The summed E-state index contributed by atoms with van der Waals surface area (Å²) in [7, 11) is 0. The molecule has 0 unspecified atom stereocenters. The molecule has 8 heteroatoms. The van der Waals surface area contributed by atoms with E-state index in [2.05, 4.69) is 5.16 Å². The Labute approximate surface area is 189 Å². The second kappa shape index (κ2) is 10.4. The highest BCUT2D eigenvalue weighted by atomic mass is 35.5. The van der Waals surface area contributed by atoms with Crippen molar-refractivity contribution in [1.82, 2.24) is 0 Å². The van der Waals surface area contributed by atoms with E-state index in [0.29, 0.717) is 24.7 Å². The summed E-state index contributed by atoms with van der Waals surface area (Å²) >= 11 is 5.97. The first kappa shape index (κ1) is 23.5. The van der Waals surface area contributed by atoms with Gasteiger partial charge in [-0.15, -0.1) is 0 Å². The van der Waals surface area contributed by atoms with Crippen molar-refractivity contribution in [2.45, 2.75) is 20.0 Å². The number of benzene rings is 3. The van der Waals surface area contributed by atoms with Gasteiger partial charge in [0.15, 0.2) is 6.61 Å². The molecular weight excluding hydrogens is 443 g/mol. The highest BCUT2D eigenvalue weighted by molar-refractivity contribution is 6.32. The Kier molecular flexibility index (Phi) is 7.64. The third kappa shape index (κ3) is 6.40. The quantitative estimate of drug-likeness (QED) is 0.200. The third-order valence-electron chi connectivity index (χ3n) is 4.46. The third-order valence-corrected chi connectivity index (χ3v) is 4.76. The van der Waals surface area contributed by atoms with Gasteiger partial charge >= 0.3 is 6.18 Å². The average molecular weight is 464 g/mol. The predicted octanol–water partition coefficient (Wildman–Crippen LogP) is 7.28. The zero-order valence-electron chi connectivity index (χ0n) is 17.4. The molecule has 0 heterocycles. The van der Waals surface area contributed by atoms with Gasteiger partial charge < -0.3 is 14.3 Å². The first-order valence-corrected chi connectivity index (χ1v) is 10.1. The second-order valence-electron chi connectivity index (χ2n) is 6.90. The largest absolute Gasteiger partial charge is 0.490 e. The van der Waals surface area contributed by atoms with Gasteiger partial charge in [0.05, 0.1) is 16.3 Å². The molecule has 3 aromatic carbocycles. The van der Waals surface area contributed by atoms with Crippen LogP contribution in [0.2, 0.25) is 5.02 Å². The number of aryl methyl sites for hydroxylation is 1. The van der Waals surface area contributed by atoms with Crippen LogP contribution in [0.15, 0.2) is 71.9 Å². The lowest BCUT2D eigenvalue weighted by molar-refractivity contribution is -0.137. The van der Waals surface area contributed by atoms with Gasteiger partial charge in [0.1, 0.15) is 23.9 Å². The molecule has 0 radical (unpaired) electrons. The van der Waals surface area contributed by atoms with Crippen LogP contribution in [0.3, 0.4) is 0 Å². The molecule has 0 aromatic heterocycles. The first-order valence-electron chi connectivity index (χ1n) is 9.74. The van der Waals surface area contributed by atoms with Crippen LogP contribution in [0, 0.1) is 6.92 Å². The fraction of sp³-hybridized carbons (Fsp3) is 0.208. The summed E-state index contributed by atoms with van der Waals surface area (Å²) in [5.41, 5.74) is 1.41. The van der Waals surface area contributed by atoms with Crippen molar-refractivity contribution >= 4 is 17.3 Å². The van der Waals surface area contributed by atoms with Crippen LogP contribution in [0.4, 0.5) is 13.2 Å². The molecule has 32 heavy (non-hydrogen) atoms. The molecule has 0 aliphatic rings. The van der Waals surface area contributed by atoms with Crippen LogP contribution < -0.4 is 9.47 Å². The van der Waals surface area contributed by atoms with Crippen molar-refractivity contribution < 1.29 is 27.5 Å². The zero-order chi connectivity index (χ0) is 23.1. The van der Waals surface area contributed by atoms with Gasteiger partial charge in [-0.3, -0.25) is 0 Å². The van der Waals surface area contributed by atoms with Crippen molar-refractivity contribution in [3.8, 4) is 17.2 Å². The first-order chi connectivity index (χ1) is 15.2. The van der Waals surface area contributed by atoms with Crippen LogP contribution in [0.25, 0.3) is 0 Å². The van der Waals surface area contributed by atoms with E-state index >= 15 is 0 Å². The molecule has 3 rings (SSSR count). The summed E-state index contributed by atoms with van der Waals surface area (Å²) in [6, 6.07) is 17.7. The summed E-state index contributed by atoms with van der Waals surface area (Å²) in [6.07, 6.45) is -4.47. The van der Waals surface area contributed by atoms with Crippen LogP contribution in [-0.2, 0) is 11.0 Å². The van der Waals surface area contributed by atoms with E-state index in [4.69, 9.17) is 25.9 Å². The molecule has 0 bridgehead atoms. The molecule has 0 N–H and O–H groups in total. The molecular formula is C24H21ClF3NO3. The lowest BCUT2D eigenvalue weighted by atomic mass is 10.1. The van der Waals surface area contributed by atoms with E-state index in [1.54, 1.807) is 19.1 Å². The number of rotatable bonds is 8. The summed E-state index contributed by atoms with van der Waals surface area (Å²) in [5.74, 6) is 1.37. The predicted molar refractivity (Wildman–Crippen MR) is 118 cm³/mol. The van der Waals surface area contributed by atoms with Gasteiger partial charge in [-0.05, 0) is 73.5 Å². The number of para-hydroxylation sites is 1. The molecule has 4 nitrogen and oxygen atoms in total. The molecule has 3 aromatic rings. The Morgan fingerprint density at radius 1 is 0.938 bits per heavy atom. The van der Waals surface area contributed by atoms with Crippen molar-refractivity contribution in [3.05, 3.63) is 88.4 Å². The number of alkyl halides is 3. The van der Waals surface area contributed by atoms with E-state index in [9.17, 15) is 13.2 Å². The van der Waals surface area contributed by atoms with Crippen molar-refractivity contribution in [1.29, 1.82) is 0 Å². The SMILES string of the molecule is C/C(=N\OCCOc1ccccc1)c1ccc(Oc2ccc(C(F)(F)F)cc2Cl)c(C)c1. The smallest absolute Gasteiger partial charge is 0.416 e. The number of nitrogens with zero attached hydrogens (tertiary/aromatic N) is 1. The molecule has 0 amide bonds. The summed E-state index contributed by atoms with van der Waals surface area (Å²) < 4.78 is 49.6. The lowest BCUT2D eigenvalue weighted by Gasteiger charge is -2.13. The standard InChI is InChI=1S/C24H21ClF3NO3/c1-16-14-18(17(2)29-31-13-12-30-20-6-4-3-5-7-20)8-10-22(16)32-23-11-9-19(15-21(23)25)24(26,27)28/h3-11,14-15H,12-13H2,1-2H3/b29-17+. The maximum Gasteiger partial charge on any atom is 0.416 e. The maximum atomic E-state index is 12.8. The van der Waals surface area contributed by atoms with E-state index in [-0.39, 0.29) is 10.8 Å². The Morgan fingerprint density at radius 2 is 1.66 bits per heavy atom. The Hall–Kier alpha value is -3.19. The summed E-state index contributed by atoms with van der Waals surface area (Å²) in [4.78, 5) is 5.31. The van der Waals surface area contributed by atoms with Crippen molar-refractivity contribution in [3.63, 3.8) is 0 Å². The molecule has 168 valence electrons. The molecule has 0 saturated carbocycles. The number of hydrogen-bond acceptors (Lipinski definition) is 4. The highest BCUT2D eigenvalue weighted by Gasteiger charge is 2.31. The van der Waals surface area contributed by atoms with E-state index in [0.717, 1.165) is 29.0 Å². The van der Waals surface area contributed by atoms with Crippen molar-refractivity contribution in [2.24, 2.45) is 5.16 Å². The Bertz CT molecular complexity index is 1090. The fourth-order valence-electron chi connectivity index (χ4n) is 2.78. The van der Waals surface area contributed by atoms with Crippen LogP contribution in [0.1, 0.15) is 23.6 Å². The normalized spacial score (nSPS) is 11.9. The van der Waals surface area contributed by atoms with Gasteiger partial charge in [-0.1, -0.05) is 35.0 Å². The minimum Gasteiger partial charge on any atom is -0.490 e. The monoisotopic (exact) mass is 463 g/mol. The minimum atomic E-state index is -4.47. The van der Waals surface area contributed by atoms with Crippen LogP contribution >= 0.6 is 11.6 Å². The summed E-state index contributed by atoms with van der Waals surface area (Å²) in [6.45, 7) is 4.28. The molecule has 0 fully saturated rings.